The number of carbonyl (C=O) groups excluding carboxylic acids is 1. The monoisotopic (exact) mass is 249 g/mol. The van der Waals surface area contributed by atoms with Crippen molar-refractivity contribution in [2.24, 2.45) is 0 Å². The number of nitrogens with zero attached hydrogens (tertiary/aromatic N) is 2. The van der Waals surface area contributed by atoms with Crippen LogP contribution in [-0.2, 0) is 4.74 Å². The van der Waals surface area contributed by atoms with Crippen LogP contribution in [0.3, 0.4) is 0 Å². The first-order valence-electron chi connectivity index (χ1n) is 6.22. The molecule has 5 heteroatoms. The lowest BCUT2D eigenvalue weighted by Crippen LogP contribution is -2.37. The van der Waals surface area contributed by atoms with Crippen LogP contribution in [-0.4, -0.2) is 42.2 Å². The number of nitrogens with one attached hydrogen (secondary N) is 1. The zero-order chi connectivity index (χ0) is 13.0. The Morgan fingerprint density at radius 2 is 2.44 bits per heavy atom. The van der Waals surface area contributed by atoms with Crippen molar-refractivity contribution in [3.8, 4) is 0 Å². The van der Waals surface area contributed by atoms with Crippen LogP contribution in [0.5, 0.6) is 0 Å². The Balaban J connectivity index is 1.86. The highest BCUT2D eigenvalue weighted by Crippen LogP contribution is 2.13. The molecule has 1 aromatic heterocycles. The molecule has 0 aromatic carbocycles. The number of aryl methyl sites for hydroxylation is 1. The van der Waals surface area contributed by atoms with Gasteiger partial charge in [0.2, 0.25) is 0 Å². The maximum absolute atomic E-state index is 11.9. The maximum Gasteiger partial charge on any atom is 0.322 e. The Bertz CT molecular complexity index is 416. The van der Waals surface area contributed by atoms with Gasteiger partial charge in [0, 0.05) is 25.9 Å². The Morgan fingerprint density at radius 1 is 1.61 bits per heavy atom. The molecule has 1 N–H and O–H groups in total. The first-order chi connectivity index (χ1) is 8.65. The quantitative estimate of drug-likeness (QED) is 0.891. The van der Waals surface area contributed by atoms with Crippen molar-refractivity contribution in [3.63, 3.8) is 0 Å². The lowest BCUT2D eigenvalue weighted by Gasteiger charge is -2.21. The third-order valence-electron chi connectivity index (χ3n) is 2.97. The molecule has 1 fully saturated rings. The number of ether oxygens (including phenoxy) is 1. The summed E-state index contributed by atoms with van der Waals surface area (Å²) in [5.41, 5.74) is 0.884. The Kier molecular flexibility index (Phi) is 4.15. The summed E-state index contributed by atoms with van der Waals surface area (Å²) < 4.78 is 5.51. The van der Waals surface area contributed by atoms with E-state index in [1.165, 1.54) is 0 Å². The molecule has 18 heavy (non-hydrogen) atoms. The van der Waals surface area contributed by atoms with E-state index in [1.54, 1.807) is 18.0 Å². The molecule has 1 aliphatic rings. The Hall–Kier alpha value is -1.62. The van der Waals surface area contributed by atoms with Crippen molar-refractivity contribution in [1.29, 1.82) is 0 Å². The molecule has 1 atom stereocenters. The number of carbonyl (C=O) groups is 1. The van der Waals surface area contributed by atoms with Crippen molar-refractivity contribution in [2.45, 2.75) is 25.9 Å². The second-order valence-electron chi connectivity index (χ2n) is 4.61. The van der Waals surface area contributed by atoms with Gasteiger partial charge < -0.3 is 9.64 Å². The van der Waals surface area contributed by atoms with Gasteiger partial charge in [-0.3, -0.25) is 5.32 Å². The van der Waals surface area contributed by atoms with E-state index < -0.39 is 0 Å². The normalized spacial score (nSPS) is 18.7. The van der Waals surface area contributed by atoms with Crippen LogP contribution in [0.1, 0.15) is 18.5 Å². The summed E-state index contributed by atoms with van der Waals surface area (Å²) >= 11 is 0. The summed E-state index contributed by atoms with van der Waals surface area (Å²) in [5, 5.41) is 2.78. The zero-order valence-electron chi connectivity index (χ0n) is 10.8. The minimum Gasteiger partial charge on any atom is -0.376 e. The largest absolute Gasteiger partial charge is 0.376 e. The van der Waals surface area contributed by atoms with E-state index in [0.29, 0.717) is 12.4 Å². The van der Waals surface area contributed by atoms with Gasteiger partial charge in [-0.05, 0) is 31.9 Å². The number of hydrogen-bond acceptors (Lipinski definition) is 3. The second-order valence-corrected chi connectivity index (χ2v) is 4.61. The third-order valence-corrected chi connectivity index (χ3v) is 2.97. The smallest absolute Gasteiger partial charge is 0.322 e. The first kappa shape index (κ1) is 12.8. The molecule has 0 saturated carbocycles. The van der Waals surface area contributed by atoms with Gasteiger partial charge >= 0.3 is 6.03 Å². The highest BCUT2D eigenvalue weighted by molar-refractivity contribution is 5.88. The molecule has 1 aliphatic heterocycles. The topological polar surface area (TPSA) is 54.5 Å². The zero-order valence-corrected chi connectivity index (χ0v) is 10.8. The molecule has 2 rings (SSSR count). The molecular formula is C13H19N3O2. The van der Waals surface area contributed by atoms with Gasteiger partial charge in [0.25, 0.3) is 0 Å². The molecule has 0 aliphatic carbocycles. The SMILES string of the molecule is Cc1cccc(NC(=O)N(C)CC2CCCO2)n1. The fourth-order valence-corrected chi connectivity index (χ4v) is 1.99. The predicted molar refractivity (Wildman–Crippen MR) is 69.6 cm³/mol. The molecule has 2 heterocycles. The van der Waals surface area contributed by atoms with Crippen LogP contribution < -0.4 is 5.32 Å². The number of urea groups is 1. The molecule has 98 valence electrons. The van der Waals surface area contributed by atoms with Crippen LogP contribution in [0.2, 0.25) is 0 Å². The standard InChI is InChI=1S/C13H19N3O2/c1-10-5-3-7-12(14-10)15-13(17)16(2)9-11-6-4-8-18-11/h3,5,7,11H,4,6,8-9H2,1-2H3,(H,14,15,17). The van der Waals surface area contributed by atoms with E-state index in [9.17, 15) is 4.79 Å². The van der Waals surface area contributed by atoms with Gasteiger partial charge in [0.1, 0.15) is 5.82 Å². The van der Waals surface area contributed by atoms with Crippen LogP contribution in [0.25, 0.3) is 0 Å². The summed E-state index contributed by atoms with van der Waals surface area (Å²) in [4.78, 5) is 17.8. The predicted octanol–water partition coefficient (Wildman–Crippen LogP) is 2.03. The maximum atomic E-state index is 11.9. The summed E-state index contributed by atoms with van der Waals surface area (Å²) in [6, 6.07) is 5.40. The average Bonchev–Trinajstić information content (AvgIpc) is 2.81. The molecule has 0 spiro atoms. The van der Waals surface area contributed by atoms with Crippen LogP contribution in [0.4, 0.5) is 10.6 Å². The highest BCUT2D eigenvalue weighted by atomic mass is 16.5. The van der Waals surface area contributed by atoms with E-state index in [2.05, 4.69) is 10.3 Å². The van der Waals surface area contributed by atoms with Crippen molar-refractivity contribution in [2.75, 3.05) is 25.5 Å². The number of likely N-dealkylation sites (N-methyl/N-ethyl adjacent to an activating group) is 1. The van der Waals surface area contributed by atoms with Gasteiger partial charge in [-0.25, -0.2) is 9.78 Å². The number of anilines is 1. The van der Waals surface area contributed by atoms with Crippen molar-refractivity contribution >= 4 is 11.8 Å². The summed E-state index contributed by atoms with van der Waals surface area (Å²) in [6.07, 6.45) is 2.28. The van der Waals surface area contributed by atoms with Crippen molar-refractivity contribution in [3.05, 3.63) is 23.9 Å². The molecule has 1 saturated heterocycles. The second kappa shape index (κ2) is 5.82. The van der Waals surface area contributed by atoms with Gasteiger partial charge in [-0.2, -0.15) is 0 Å². The molecule has 0 radical (unpaired) electrons. The fourth-order valence-electron chi connectivity index (χ4n) is 1.99. The van der Waals surface area contributed by atoms with Crippen molar-refractivity contribution < 1.29 is 9.53 Å². The summed E-state index contributed by atoms with van der Waals surface area (Å²) in [5.74, 6) is 0.583. The highest BCUT2D eigenvalue weighted by Gasteiger charge is 2.20. The van der Waals surface area contributed by atoms with Crippen LogP contribution in [0, 0.1) is 6.92 Å². The minimum atomic E-state index is -0.149. The van der Waals surface area contributed by atoms with Gasteiger partial charge in [-0.15, -0.1) is 0 Å². The lowest BCUT2D eigenvalue weighted by molar-refractivity contribution is 0.0894. The Labute approximate surface area is 107 Å². The lowest BCUT2D eigenvalue weighted by atomic mass is 10.2. The molecule has 2 amide bonds. The van der Waals surface area contributed by atoms with E-state index in [-0.39, 0.29) is 12.1 Å². The van der Waals surface area contributed by atoms with E-state index in [4.69, 9.17) is 4.74 Å². The van der Waals surface area contributed by atoms with Crippen LogP contribution >= 0.6 is 0 Å². The van der Waals surface area contributed by atoms with Crippen LogP contribution in [0.15, 0.2) is 18.2 Å². The van der Waals surface area contributed by atoms with E-state index in [0.717, 1.165) is 25.1 Å². The minimum absolute atomic E-state index is 0.149. The fraction of sp³-hybridized carbons (Fsp3) is 0.538. The number of hydrogen-bond donors (Lipinski definition) is 1. The summed E-state index contributed by atoms with van der Waals surface area (Å²) in [7, 11) is 1.77. The molecule has 0 bridgehead atoms. The van der Waals surface area contributed by atoms with Gasteiger partial charge in [0.05, 0.1) is 6.10 Å². The number of amides is 2. The first-order valence-corrected chi connectivity index (χ1v) is 6.22. The number of rotatable bonds is 3. The molecule has 1 aromatic rings. The Morgan fingerprint density at radius 3 is 3.11 bits per heavy atom. The number of pyridine rings is 1. The van der Waals surface area contributed by atoms with E-state index >= 15 is 0 Å². The molecular weight excluding hydrogens is 230 g/mol. The average molecular weight is 249 g/mol. The van der Waals surface area contributed by atoms with Gasteiger partial charge in [-0.1, -0.05) is 6.07 Å². The third kappa shape index (κ3) is 3.43. The molecule has 5 nitrogen and oxygen atoms in total. The summed E-state index contributed by atoms with van der Waals surface area (Å²) in [6.45, 7) is 3.32. The van der Waals surface area contributed by atoms with Crippen molar-refractivity contribution in [1.82, 2.24) is 9.88 Å². The number of aromatic nitrogens is 1. The van der Waals surface area contributed by atoms with E-state index in [1.807, 2.05) is 19.1 Å². The molecule has 1 unspecified atom stereocenters. The van der Waals surface area contributed by atoms with Gasteiger partial charge in [0.15, 0.2) is 0 Å².